The molecule has 1 nitrogen and oxygen atoms in total. The highest BCUT2D eigenvalue weighted by Gasteiger charge is 2.38. The molecule has 0 radical (unpaired) electrons. The highest BCUT2D eigenvalue weighted by atomic mass is 15.0. The molecule has 75 heavy (non-hydrogen) atoms. The molecule has 3 aliphatic carbocycles. The predicted octanol–water partition coefficient (Wildman–Crippen LogP) is 19.8. The second-order valence-corrected chi connectivity index (χ2v) is 22.1. The summed E-state index contributed by atoms with van der Waals surface area (Å²) in [5.74, 6) is 0. The van der Waals surface area contributed by atoms with Gasteiger partial charge in [-0.2, -0.15) is 0 Å². The Morgan fingerprint density at radius 2 is 0.707 bits per heavy atom. The average molecular weight is 956 g/mol. The molecule has 0 bridgehead atoms. The van der Waals surface area contributed by atoms with Gasteiger partial charge in [0.05, 0.1) is 11.4 Å². The first-order chi connectivity index (χ1) is 36.6. The number of nitrogens with zero attached hydrogens (tertiary/aromatic N) is 1. The summed E-state index contributed by atoms with van der Waals surface area (Å²) >= 11 is 0. The second-order valence-electron chi connectivity index (χ2n) is 22.1. The van der Waals surface area contributed by atoms with Crippen LogP contribution in [0.1, 0.15) is 61.1 Å². The summed E-state index contributed by atoms with van der Waals surface area (Å²) in [6, 6.07) is 88.8. The minimum absolute atomic E-state index is 0.130. The lowest BCUT2D eigenvalue weighted by Crippen LogP contribution is -2.15. The van der Waals surface area contributed by atoms with Crippen molar-refractivity contribution >= 4 is 27.1 Å². The number of benzene rings is 11. The maximum atomic E-state index is 4.64. The van der Waals surface area contributed by atoms with Gasteiger partial charge in [0.1, 0.15) is 0 Å². The first-order valence-corrected chi connectivity index (χ1v) is 26.4. The van der Waals surface area contributed by atoms with E-state index in [9.17, 15) is 0 Å². The largest absolute Gasteiger partial charge is 0.309 e. The van der Waals surface area contributed by atoms with Crippen molar-refractivity contribution in [1.82, 2.24) is 4.57 Å². The topological polar surface area (TPSA) is 4.93 Å². The quantitative estimate of drug-likeness (QED) is 0.146. The molecule has 0 saturated carbocycles. The van der Waals surface area contributed by atoms with E-state index in [0.717, 1.165) is 5.57 Å². The summed E-state index contributed by atoms with van der Waals surface area (Å²) in [6.45, 7) is 14.2. The minimum Gasteiger partial charge on any atom is -0.309 e. The molecule has 0 fully saturated rings. The van der Waals surface area contributed by atoms with Gasteiger partial charge in [0, 0.05) is 16.5 Å². The third kappa shape index (κ3) is 6.31. The van der Waals surface area contributed by atoms with Gasteiger partial charge in [0.15, 0.2) is 0 Å². The first kappa shape index (κ1) is 43.5. The zero-order valence-electron chi connectivity index (χ0n) is 42.7. The SMILES string of the molecule is C=C1c2ccccc2-c2ccc(-c3c4ccccc4c(-c4ccc5c(c4)C(C)(C)c4ccccc4-5)c4cc(-c5ccc6c(c5)C(C)(C)c5cc(-n7c(-c8ccccc8)ccc7-c7ccccc7)ccc5-6)ccc34)cc21. The molecule has 0 saturated heterocycles. The molecule has 0 atom stereocenters. The highest BCUT2D eigenvalue weighted by molar-refractivity contribution is 6.22. The van der Waals surface area contributed by atoms with E-state index in [2.05, 4.69) is 275 Å². The fourth-order valence-electron chi connectivity index (χ4n) is 13.6. The Labute approximate surface area is 439 Å². The van der Waals surface area contributed by atoms with Crippen molar-refractivity contribution in [2.75, 3.05) is 0 Å². The van der Waals surface area contributed by atoms with Gasteiger partial charge in [-0.25, -0.2) is 0 Å². The Balaban J connectivity index is 0.904. The van der Waals surface area contributed by atoms with Crippen LogP contribution in [0.25, 0.3) is 122 Å². The van der Waals surface area contributed by atoms with Gasteiger partial charge in [-0.15, -0.1) is 0 Å². The van der Waals surface area contributed by atoms with Gasteiger partial charge in [0.2, 0.25) is 0 Å². The summed E-state index contributed by atoms with van der Waals surface area (Å²) < 4.78 is 2.44. The van der Waals surface area contributed by atoms with E-state index >= 15 is 0 Å². The van der Waals surface area contributed by atoms with Crippen molar-refractivity contribution in [3.05, 3.63) is 277 Å². The number of hydrogen-bond acceptors (Lipinski definition) is 0. The number of hydrogen-bond donors (Lipinski definition) is 0. The van der Waals surface area contributed by atoms with E-state index < -0.39 is 0 Å². The van der Waals surface area contributed by atoms with E-state index in [0.29, 0.717) is 0 Å². The first-order valence-electron chi connectivity index (χ1n) is 26.4. The minimum atomic E-state index is -0.249. The summed E-state index contributed by atoms with van der Waals surface area (Å²) in [6.07, 6.45) is 0. The zero-order valence-corrected chi connectivity index (χ0v) is 42.7. The summed E-state index contributed by atoms with van der Waals surface area (Å²) in [5, 5.41) is 5.00. The molecule has 3 aliphatic rings. The Morgan fingerprint density at radius 3 is 1.37 bits per heavy atom. The lowest BCUT2D eigenvalue weighted by atomic mass is 9.80. The molecule has 15 rings (SSSR count). The molecule has 11 aromatic carbocycles. The molecular formula is C74H53N. The van der Waals surface area contributed by atoms with Gasteiger partial charge in [-0.05, 0) is 187 Å². The van der Waals surface area contributed by atoms with Crippen LogP contribution in [0, 0.1) is 0 Å². The van der Waals surface area contributed by atoms with Crippen LogP contribution in [0.4, 0.5) is 0 Å². The van der Waals surface area contributed by atoms with Crippen LogP contribution in [-0.4, -0.2) is 4.57 Å². The van der Waals surface area contributed by atoms with Crippen molar-refractivity contribution in [3.8, 4) is 95.0 Å². The van der Waals surface area contributed by atoms with Gasteiger partial charge in [-0.1, -0.05) is 222 Å². The molecule has 0 unspecified atom stereocenters. The average Bonchev–Trinajstić information content (AvgIpc) is 4.16. The molecule has 0 amide bonds. The van der Waals surface area contributed by atoms with Crippen LogP contribution in [0.15, 0.2) is 243 Å². The lowest BCUT2D eigenvalue weighted by Gasteiger charge is -2.24. The molecule has 1 heterocycles. The third-order valence-corrected chi connectivity index (χ3v) is 17.3. The van der Waals surface area contributed by atoms with Crippen molar-refractivity contribution in [2.24, 2.45) is 0 Å². The number of aromatic nitrogens is 1. The summed E-state index contributed by atoms with van der Waals surface area (Å²) in [4.78, 5) is 0. The molecular weight excluding hydrogens is 903 g/mol. The van der Waals surface area contributed by atoms with Crippen molar-refractivity contribution in [1.29, 1.82) is 0 Å². The summed E-state index contributed by atoms with van der Waals surface area (Å²) in [5.41, 5.74) is 29.7. The molecule has 354 valence electrons. The van der Waals surface area contributed by atoms with Crippen LogP contribution in [0.3, 0.4) is 0 Å². The Bertz CT molecular complexity index is 4350. The van der Waals surface area contributed by atoms with E-state index in [-0.39, 0.29) is 10.8 Å². The summed E-state index contributed by atoms with van der Waals surface area (Å²) in [7, 11) is 0. The Morgan fingerprint density at radius 1 is 0.280 bits per heavy atom. The normalized spacial score (nSPS) is 14.1. The second kappa shape index (κ2) is 16.0. The Hall–Kier alpha value is -9.04. The van der Waals surface area contributed by atoms with Crippen molar-refractivity contribution < 1.29 is 0 Å². The smallest absolute Gasteiger partial charge is 0.0535 e. The zero-order chi connectivity index (χ0) is 50.3. The lowest BCUT2D eigenvalue weighted by molar-refractivity contribution is 0.660. The van der Waals surface area contributed by atoms with E-state index in [1.165, 1.54) is 150 Å². The van der Waals surface area contributed by atoms with Crippen LogP contribution in [0.5, 0.6) is 0 Å². The maximum Gasteiger partial charge on any atom is 0.0535 e. The monoisotopic (exact) mass is 955 g/mol. The van der Waals surface area contributed by atoms with E-state index in [1.54, 1.807) is 0 Å². The van der Waals surface area contributed by atoms with Gasteiger partial charge >= 0.3 is 0 Å². The molecule has 0 aliphatic heterocycles. The molecule has 1 heteroatoms. The molecule has 1 aromatic heterocycles. The van der Waals surface area contributed by atoms with Crippen LogP contribution in [0.2, 0.25) is 0 Å². The van der Waals surface area contributed by atoms with E-state index in [1.807, 2.05) is 0 Å². The van der Waals surface area contributed by atoms with Gasteiger partial charge in [0.25, 0.3) is 0 Å². The molecule has 0 spiro atoms. The number of fused-ring (bicyclic) bond motifs is 11. The standard InChI is InChI=1S/C74H53N/c1-45-53-22-12-13-23-54(53)55-33-30-50(41-63(45)55)71-60-25-14-15-26-61(60)72(51-31-35-57-56-24-16-17-27-65(56)73(2,3)67(57)43-51)64-40-48(29-36-62(64)71)49-28-34-58-59-37-32-52(44-68(59)74(4,5)66(58)42-49)75-69(46-18-8-6-9-19-46)38-39-70(75)47-20-10-7-11-21-47/h6-44H,1H2,2-5H3. The highest BCUT2D eigenvalue weighted by Crippen LogP contribution is 2.54. The predicted molar refractivity (Wildman–Crippen MR) is 317 cm³/mol. The third-order valence-electron chi connectivity index (χ3n) is 17.3. The van der Waals surface area contributed by atoms with Crippen LogP contribution in [-0.2, 0) is 10.8 Å². The number of rotatable bonds is 6. The molecule has 0 N–H and O–H groups in total. The van der Waals surface area contributed by atoms with Crippen molar-refractivity contribution in [2.45, 2.75) is 38.5 Å². The maximum absolute atomic E-state index is 4.64. The van der Waals surface area contributed by atoms with Crippen LogP contribution < -0.4 is 0 Å². The van der Waals surface area contributed by atoms with Crippen LogP contribution >= 0.6 is 0 Å². The molecule has 12 aromatic rings. The van der Waals surface area contributed by atoms with Gasteiger partial charge < -0.3 is 4.57 Å². The Kier molecular flexibility index (Phi) is 9.28. The van der Waals surface area contributed by atoms with Gasteiger partial charge in [-0.3, -0.25) is 0 Å². The van der Waals surface area contributed by atoms with Crippen molar-refractivity contribution in [3.63, 3.8) is 0 Å². The fraction of sp³-hybridized carbons (Fsp3) is 0.0811. The van der Waals surface area contributed by atoms with E-state index in [4.69, 9.17) is 0 Å². The fourth-order valence-corrected chi connectivity index (χ4v) is 13.6.